The van der Waals surface area contributed by atoms with Gasteiger partial charge in [0, 0.05) is 6.04 Å². The molecule has 1 unspecified atom stereocenters. The first-order valence-electron chi connectivity index (χ1n) is 9.78. The SMILES string of the molecule is CC1(C(=O)NC2CCCC2)Cn2c(cc3sccc32)C(=O)N1Cc1ccco1. The van der Waals surface area contributed by atoms with Gasteiger partial charge in [-0.3, -0.25) is 9.59 Å². The summed E-state index contributed by atoms with van der Waals surface area (Å²) in [5.41, 5.74) is 0.679. The van der Waals surface area contributed by atoms with E-state index >= 15 is 0 Å². The largest absolute Gasteiger partial charge is 0.467 e. The molecule has 1 aliphatic carbocycles. The van der Waals surface area contributed by atoms with Gasteiger partial charge in [0.05, 0.1) is 29.6 Å². The van der Waals surface area contributed by atoms with Crippen LogP contribution in [0.1, 0.15) is 48.9 Å². The number of furan rings is 1. The number of rotatable bonds is 4. The molecule has 0 bridgehead atoms. The van der Waals surface area contributed by atoms with E-state index < -0.39 is 5.54 Å². The number of fused-ring (bicyclic) bond motifs is 3. The van der Waals surface area contributed by atoms with Crippen LogP contribution < -0.4 is 5.32 Å². The van der Waals surface area contributed by atoms with Crippen LogP contribution in [0, 0.1) is 0 Å². The van der Waals surface area contributed by atoms with Crippen LogP contribution in [-0.4, -0.2) is 32.9 Å². The molecule has 4 heterocycles. The molecular formula is C21H23N3O3S. The van der Waals surface area contributed by atoms with E-state index in [0.717, 1.165) is 35.9 Å². The second-order valence-corrected chi connectivity index (χ2v) is 8.93. The zero-order valence-electron chi connectivity index (χ0n) is 15.8. The van der Waals surface area contributed by atoms with E-state index in [1.165, 1.54) is 0 Å². The van der Waals surface area contributed by atoms with Gasteiger partial charge in [-0.15, -0.1) is 11.3 Å². The minimum atomic E-state index is -0.979. The van der Waals surface area contributed by atoms with Gasteiger partial charge >= 0.3 is 0 Å². The van der Waals surface area contributed by atoms with Gasteiger partial charge in [0.15, 0.2) is 0 Å². The van der Waals surface area contributed by atoms with Gasteiger partial charge in [0.25, 0.3) is 5.91 Å². The van der Waals surface area contributed by atoms with Crippen molar-refractivity contribution in [2.75, 3.05) is 0 Å². The van der Waals surface area contributed by atoms with Crippen LogP contribution in [0.5, 0.6) is 0 Å². The van der Waals surface area contributed by atoms with Crippen molar-refractivity contribution < 1.29 is 14.0 Å². The maximum Gasteiger partial charge on any atom is 0.271 e. The zero-order valence-corrected chi connectivity index (χ0v) is 16.6. The Kier molecular flexibility index (Phi) is 4.08. The number of amides is 2. The summed E-state index contributed by atoms with van der Waals surface area (Å²) in [6, 6.07) is 7.81. The molecule has 1 saturated carbocycles. The molecule has 5 rings (SSSR count). The van der Waals surface area contributed by atoms with Crippen molar-refractivity contribution in [1.29, 1.82) is 0 Å². The fraction of sp³-hybridized carbons (Fsp3) is 0.429. The standard InChI is InChI=1S/C21H23N3O3S/c1-21(20(26)22-14-5-2-3-6-14)13-23-16-8-10-28-18(16)11-17(23)19(25)24(21)12-15-7-4-9-27-15/h4,7-11,14H,2-3,5-6,12-13H2,1H3,(H,22,26). The Hall–Kier alpha value is -2.54. The Morgan fingerprint density at radius 3 is 2.93 bits per heavy atom. The first-order valence-corrected chi connectivity index (χ1v) is 10.7. The molecule has 2 amide bonds. The van der Waals surface area contributed by atoms with E-state index in [0.29, 0.717) is 18.0 Å². The van der Waals surface area contributed by atoms with E-state index in [-0.39, 0.29) is 24.4 Å². The van der Waals surface area contributed by atoms with Crippen LogP contribution in [0.4, 0.5) is 0 Å². The summed E-state index contributed by atoms with van der Waals surface area (Å²) in [6.07, 6.45) is 5.91. The predicted octanol–water partition coefficient (Wildman–Crippen LogP) is 3.77. The van der Waals surface area contributed by atoms with Gasteiger partial charge in [-0.1, -0.05) is 12.8 Å². The van der Waals surface area contributed by atoms with E-state index in [2.05, 4.69) is 5.32 Å². The lowest BCUT2D eigenvalue weighted by Gasteiger charge is -2.44. The van der Waals surface area contributed by atoms with Crippen molar-refractivity contribution in [3.63, 3.8) is 0 Å². The second kappa shape index (κ2) is 6.51. The van der Waals surface area contributed by atoms with Crippen LogP contribution in [-0.2, 0) is 17.9 Å². The van der Waals surface area contributed by atoms with E-state index in [4.69, 9.17) is 4.42 Å². The number of aromatic nitrogens is 1. The number of nitrogens with one attached hydrogen (secondary N) is 1. The van der Waals surface area contributed by atoms with Crippen LogP contribution in [0.3, 0.4) is 0 Å². The quantitative estimate of drug-likeness (QED) is 0.729. The molecule has 1 aliphatic heterocycles. The Balaban J connectivity index is 1.55. The highest BCUT2D eigenvalue weighted by Crippen LogP contribution is 2.35. The summed E-state index contributed by atoms with van der Waals surface area (Å²) < 4.78 is 8.56. The molecule has 7 heteroatoms. The van der Waals surface area contributed by atoms with Gasteiger partial charge in [-0.05, 0) is 49.4 Å². The lowest BCUT2D eigenvalue weighted by Crippen LogP contribution is -2.64. The molecule has 28 heavy (non-hydrogen) atoms. The lowest BCUT2D eigenvalue weighted by atomic mass is 9.94. The average molecular weight is 398 g/mol. The Morgan fingerprint density at radius 1 is 1.36 bits per heavy atom. The van der Waals surface area contributed by atoms with E-state index in [1.54, 1.807) is 28.6 Å². The highest BCUT2D eigenvalue weighted by atomic mass is 32.1. The molecule has 0 spiro atoms. The Labute approximate surface area is 167 Å². The minimum Gasteiger partial charge on any atom is -0.467 e. The molecule has 0 saturated heterocycles. The second-order valence-electron chi connectivity index (χ2n) is 7.99. The van der Waals surface area contributed by atoms with Crippen molar-refractivity contribution in [2.24, 2.45) is 0 Å². The van der Waals surface area contributed by atoms with Gasteiger partial charge in [-0.25, -0.2) is 0 Å². The third-order valence-corrected chi connectivity index (χ3v) is 6.98. The molecule has 146 valence electrons. The summed E-state index contributed by atoms with van der Waals surface area (Å²) in [5.74, 6) is 0.465. The molecule has 3 aromatic heterocycles. The number of hydrogen-bond acceptors (Lipinski definition) is 4. The summed E-state index contributed by atoms with van der Waals surface area (Å²) in [4.78, 5) is 28.6. The first-order chi connectivity index (χ1) is 13.6. The summed E-state index contributed by atoms with van der Waals surface area (Å²) in [5, 5.41) is 5.23. The topological polar surface area (TPSA) is 67.5 Å². The average Bonchev–Trinajstić information content (AvgIpc) is 3.44. The molecule has 3 aromatic rings. The number of thiophene rings is 1. The number of carbonyl (C=O) groups is 2. The van der Waals surface area contributed by atoms with Crippen molar-refractivity contribution in [1.82, 2.24) is 14.8 Å². The molecule has 0 aromatic carbocycles. The summed E-state index contributed by atoms with van der Waals surface area (Å²) in [6.45, 7) is 2.59. The van der Waals surface area contributed by atoms with Crippen molar-refractivity contribution in [3.05, 3.63) is 47.4 Å². The smallest absolute Gasteiger partial charge is 0.271 e. The molecule has 0 radical (unpaired) electrons. The molecule has 1 N–H and O–H groups in total. The van der Waals surface area contributed by atoms with Crippen LogP contribution in [0.2, 0.25) is 0 Å². The number of hydrogen-bond donors (Lipinski definition) is 1. The summed E-state index contributed by atoms with van der Waals surface area (Å²) in [7, 11) is 0. The van der Waals surface area contributed by atoms with E-state index in [1.807, 2.05) is 35.1 Å². The highest BCUT2D eigenvalue weighted by molar-refractivity contribution is 7.17. The van der Waals surface area contributed by atoms with Crippen molar-refractivity contribution in [2.45, 2.75) is 57.3 Å². The van der Waals surface area contributed by atoms with Gasteiger partial charge in [0.1, 0.15) is 17.0 Å². The fourth-order valence-corrected chi connectivity index (χ4v) is 5.31. The minimum absolute atomic E-state index is 0.0814. The van der Waals surface area contributed by atoms with Crippen LogP contribution in [0.25, 0.3) is 10.2 Å². The summed E-state index contributed by atoms with van der Waals surface area (Å²) >= 11 is 1.61. The van der Waals surface area contributed by atoms with Crippen LogP contribution in [0.15, 0.2) is 40.3 Å². The predicted molar refractivity (Wildman–Crippen MR) is 107 cm³/mol. The van der Waals surface area contributed by atoms with Gasteiger partial charge < -0.3 is 19.2 Å². The first kappa shape index (κ1) is 17.6. The fourth-order valence-electron chi connectivity index (χ4n) is 4.49. The zero-order chi connectivity index (χ0) is 19.3. The molecular weight excluding hydrogens is 374 g/mol. The number of carbonyl (C=O) groups excluding carboxylic acids is 2. The number of nitrogens with zero attached hydrogens (tertiary/aromatic N) is 2. The molecule has 1 fully saturated rings. The molecule has 6 nitrogen and oxygen atoms in total. The lowest BCUT2D eigenvalue weighted by molar-refractivity contribution is -0.134. The maximum atomic E-state index is 13.5. The monoisotopic (exact) mass is 397 g/mol. The highest BCUT2D eigenvalue weighted by Gasteiger charge is 2.48. The Bertz CT molecular complexity index is 1030. The van der Waals surface area contributed by atoms with Crippen LogP contribution >= 0.6 is 11.3 Å². The van der Waals surface area contributed by atoms with Crippen molar-refractivity contribution in [3.8, 4) is 0 Å². The third-order valence-electron chi connectivity index (χ3n) is 6.12. The molecule has 1 atom stereocenters. The Morgan fingerprint density at radius 2 is 2.18 bits per heavy atom. The normalized spacial score (nSPS) is 22.8. The van der Waals surface area contributed by atoms with E-state index in [9.17, 15) is 9.59 Å². The maximum absolute atomic E-state index is 13.5. The van der Waals surface area contributed by atoms with Gasteiger partial charge in [-0.2, -0.15) is 0 Å². The third kappa shape index (κ3) is 2.68. The molecule has 2 aliphatic rings. The van der Waals surface area contributed by atoms with Gasteiger partial charge in [0.2, 0.25) is 5.91 Å². The van der Waals surface area contributed by atoms with Crippen molar-refractivity contribution >= 4 is 33.4 Å².